The summed E-state index contributed by atoms with van der Waals surface area (Å²) in [6.45, 7) is 6.41. The minimum atomic E-state index is -0.864. The molecule has 0 rings (SSSR count). The van der Waals surface area contributed by atoms with Gasteiger partial charge < -0.3 is 9.90 Å². The van der Waals surface area contributed by atoms with Gasteiger partial charge in [-0.25, -0.2) is 0 Å². The molecule has 0 spiro atoms. The first-order chi connectivity index (χ1) is 6.57. The Morgan fingerprint density at radius 3 is 2.07 bits per heavy atom. The first-order valence-electron chi connectivity index (χ1n) is 5.78. The van der Waals surface area contributed by atoms with Gasteiger partial charge in [0.25, 0.3) is 0 Å². The van der Waals surface area contributed by atoms with Crippen LogP contribution in [0, 0.1) is 11.8 Å². The molecule has 0 aromatic heterocycles. The number of carbonyl (C=O) groups is 1. The third kappa shape index (κ3) is 10.7. The number of aliphatic carboxylic acids is 1. The monoisotopic (exact) mass is 222 g/mol. The largest absolute Gasteiger partial charge is 1.00 e. The molecule has 0 aromatic carbocycles. The number of carboxylic acid groups (broad SMARTS) is 1. The van der Waals surface area contributed by atoms with Crippen LogP contribution in [0.15, 0.2) is 0 Å². The van der Waals surface area contributed by atoms with Crippen LogP contribution < -0.4 is 34.7 Å². The van der Waals surface area contributed by atoms with Crippen molar-refractivity contribution in [3.05, 3.63) is 0 Å². The molecule has 1 atom stereocenters. The van der Waals surface area contributed by atoms with E-state index in [0.717, 1.165) is 38.0 Å². The second-order valence-corrected chi connectivity index (χ2v) is 4.48. The van der Waals surface area contributed by atoms with E-state index >= 15 is 0 Å². The van der Waals surface area contributed by atoms with E-state index in [1.165, 1.54) is 6.42 Å². The van der Waals surface area contributed by atoms with E-state index in [0.29, 0.717) is 0 Å². The molecule has 84 valence electrons. The molecule has 0 fully saturated rings. The molecule has 1 unspecified atom stereocenters. The van der Waals surface area contributed by atoms with Crippen molar-refractivity contribution in [1.29, 1.82) is 0 Å². The van der Waals surface area contributed by atoms with Crippen LogP contribution in [0.2, 0.25) is 0 Å². The van der Waals surface area contributed by atoms with Crippen molar-refractivity contribution in [1.82, 2.24) is 0 Å². The molecule has 0 bridgehead atoms. The fourth-order valence-corrected chi connectivity index (χ4v) is 1.67. The topological polar surface area (TPSA) is 40.1 Å². The van der Waals surface area contributed by atoms with E-state index in [9.17, 15) is 9.90 Å². The smallest absolute Gasteiger partial charge is 0.550 e. The quantitative estimate of drug-likeness (QED) is 0.405. The Morgan fingerprint density at radius 2 is 1.67 bits per heavy atom. The summed E-state index contributed by atoms with van der Waals surface area (Å²) in [6.07, 6.45) is 5.86. The predicted octanol–water partition coefficient (Wildman–Crippen LogP) is -0.627. The van der Waals surface area contributed by atoms with Gasteiger partial charge in [-0.05, 0) is 24.7 Å². The van der Waals surface area contributed by atoms with E-state index in [2.05, 4.69) is 13.8 Å². The fourth-order valence-electron chi connectivity index (χ4n) is 1.67. The molecule has 2 nitrogen and oxygen atoms in total. The maximum Gasteiger partial charge on any atom is 1.00 e. The number of unbranched alkanes of at least 4 members (excludes halogenated alkanes) is 1. The summed E-state index contributed by atoms with van der Waals surface area (Å²) in [4.78, 5) is 10.7. The Hall–Kier alpha value is 0.470. The zero-order chi connectivity index (χ0) is 11.0. The van der Waals surface area contributed by atoms with Crippen LogP contribution in [0.4, 0.5) is 0 Å². The van der Waals surface area contributed by atoms with E-state index in [-0.39, 0.29) is 35.5 Å². The van der Waals surface area contributed by atoms with Crippen LogP contribution in [-0.2, 0) is 4.79 Å². The molecule has 0 aliphatic heterocycles. The van der Waals surface area contributed by atoms with Crippen LogP contribution in [0.3, 0.4) is 0 Å². The van der Waals surface area contributed by atoms with Gasteiger partial charge in [0.15, 0.2) is 0 Å². The molecular formula is C12H23NaO2. The van der Waals surface area contributed by atoms with E-state index in [4.69, 9.17) is 0 Å². The van der Waals surface area contributed by atoms with Gasteiger partial charge in [-0.1, -0.05) is 46.5 Å². The number of carbonyl (C=O) groups excluding carboxylic acids is 1. The Bertz CT molecular complexity index is 158. The number of rotatable bonds is 8. The predicted molar refractivity (Wildman–Crippen MR) is 56.7 cm³/mol. The number of hydrogen-bond donors (Lipinski definition) is 0. The molecule has 0 amide bonds. The van der Waals surface area contributed by atoms with Crippen molar-refractivity contribution in [3.63, 3.8) is 0 Å². The maximum atomic E-state index is 10.7. The van der Waals surface area contributed by atoms with Crippen LogP contribution in [0.5, 0.6) is 0 Å². The molecule has 0 saturated heterocycles. The van der Waals surface area contributed by atoms with Gasteiger partial charge in [-0.2, -0.15) is 0 Å². The molecule has 0 radical (unpaired) electrons. The van der Waals surface area contributed by atoms with Gasteiger partial charge in [-0.3, -0.25) is 0 Å². The zero-order valence-corrected chi connectivity index (χ0v) is 12.7. The van der Waals surface area contributed by atoms with Crippen molar-refractivity contribution in [2.24, 2.45) is 11.8 Å². The molecule has 0 aliphatic rings. The Kier molecular flexibility index (Phi) is 13.1. The molecule has 15 heavy (non-hydrogen) atoms. The van der Waals surface area contributed by atoms with Gasteiger partial charge in [0.05, 0.1) is 0 Å². The summed E-state index contributed by atoms with van der Waals surface area (Å²) in [6, 6.07) is 0. The summed E-state index contributed by atoms with van der Waals surface area (Å²) in [5.41, 5.74) is 0. The molecular weight excluding hydrogens is 199 g/mol. The molecule has 3 heteroatoms. The van der Waals surface area contributed by atoms with Crippen LogP contribution in [0.25, 0.3) is 0 Å². The summed E-state index contributed by atoms with van der Waals surface area (Å²) in [5.74, 6) is -0.355. The third-order valence-electron chi connectivity index (χ3n) is 2.55. The minimum absolute atomic E-state index is 0. The van der Waals surface area contributed by atoms with Crippen molar-refractivity contribution < 1.29 is 39.5 Å². The SMILES string of the molecule is CCCC(CCCCC(C)C)C(=O)[O-].[Na+]. The molecule has 0 N–H and O–H groups in total. The Labute approximate surface area is 116 Å². The first kappa shape index (κ1) is 17.9. The Morgan fingerprint density at radius 1 is 1.13 bits per heavy atom. The second-order valence-electron chi connectivity index (χ2n) is 4.48. The van der Waals surface area contributed by atoms with Gasteiger partial charge in [0, 0.05) is 5.97 Å². The van der Waals surface area contributed by atoms with Gasteiger partial charge in [-0.15, -0.1) is 0 Å². The number of carboxylic acids is 1. The molecule has 0 aromatic rings. The number of hydrogen-bond acceptors (Lipinski definition) is 2. The van der Waals surface area contributed by atoms with Crippen molar-refractivity contribution >= 4 is 5.97 Å². The van der Waals surface area contributed by atoms with Crippen molar-refractivity contribution in [2.75, 3.05) is 0 Å². The van der Waals surface area contributed by atoms with E-state index in [1.54, 1.807) is 0 Å². The molecule has 0 heterocycles. The average Bonchev–Trinajstić information content (AvgIpc) is 2.09. The Balaban J connectivity index is 0. The van der Waals surface area contributed by atoms with Crippen LogP contribution >= 0.6 is 0 Å². The summed E-state index contributed by atoms with van der Waals surface area (Å²) in [7, 11) is 0. The maximum absolute atomic E-state index is 10.7. The third-order valence-corrected chi connectivity index (χ3v) is 2.55. The van der Waals surface area contributed by atoms with Crippen LogP contribution in [0.1, 0.15) is 59.3 Å². The second kappa shape index (κ2) is 11.0. The summed E-state index contributed by atoms with van der Waals surface area (Å²) in [5, 5.41) is 10.7. The summed E-state index contributed by atoms with van der Waals surface area (Å²) >= 11 is 0. The van der Waals surface area contributed by atoms with Crippen molar-refractivity contribution in [3.8, 4) is 0 Å². The van der Waals surface area contributed by atoms with Gasteiger partial charge in [0.2, 0.25) is 0 Å². The molecule has 0 aliphatic carbocycles. The minimum Gasteiger partial charge on any atom is -0.550 e. The average molecular weight is 222 g/mol. The van der Waals surface area contributed by atoms with Gasteiger partial charge >= 0.3 is 29.6 Å². The van der Waals surface area contributed by atoms with Crippen molar-refractivity contribution in [2.45, 2.75) is 59.3 Å². The standard InChI is InChI=1S/C12H24O2.Na/c1-4-7-11(12(13)14)9-6-5-8-10(2)3;/h10-11H,4-9H2,1-3H3,(H,13,14);/q;+1/p-1. The first-order valence-corrected chi connectivity index (χ1v) is 5.78. The molecule has 0 saturated carbocycles. The van der Waals surface area contributed by atoms with Crippen LogP contribution in [-0.4, -0.2) is 5.97 Å². The zero-order valence-electron chi connectivity index (χ0n) is 10.7. The fraction of sp³-hybridized carbons (Fsp3) is 0.917. The normalized spacial score (nSPS) is 12.3. The van der Waals surface area contributed by atoms with E-state index < -0.39 is 5.97 Å². The van der Waals surface area contributed by atoms with E-state index in [1.807, 2.05) is 6.92 Å². The van der Waals surface area contributed by atoms with Gasteiger partial charge in [0.1, 0.15) is 0 Å². The summed E-state index contributed by atoms with van der Waals surface area (Å²) < 4.78 is 0.